The second kappa shape index (κ2) is 7.49. The van der Waals surface area contributed by atoms with E-state index in [1.807, 2.05) is 12.1 Å². The molecule has 2 heterocycles. The number of nitrogens with zero attached hydrogens (tertiary/aromatic N) is 1. The van der Waals surface area contributed by atoms with Gasteiger partial charge in [-0.25, -0.2) is 0 Å². The van der Waals surface area contributed by atoms with Crippen LogP contribution in [-0.2, 0) is 5.41 Å². The maximum Gasteiger partial charge on any atom is 0.262 e. The van der Waals surface area contributed by atoms with Crippen molar-refractivity contribution in [3.63, 3.8) is 0 Å². The summed E-state index contributed by atoms with van der Waals surface area (Å²) in [6.45, 7) is 6.29. The van der Waals surface area contributed by atoms with E-state index in [0.717, 1.165) is 16.2 Å². The van der Waals surface area contributed by atoms with Crippen LogP contribution < -0.4 is 21.9 Å². The van der Waals surface area contributed by atoms with Crippen molar-refractivity contribution in [2.24, 2.45) is 0 Å². The quantitative estimate of drug-likeness (QED) is 0.552. The van der Waals surface area contributed by atoms with Gasteiger partial charge in [0.15, 0.2) is 0 Å². The molecule has 0 fully saturated rings. The Morgan fingerprint density at radius 3 is 2.31 bits per heavy atom. The van der Waals surface area contributed by atoms with Crippen molar-refractivity contribution in [1.82, 2.24) is 9.88 Å². The van der Waals surface area contributed by atoms with E-state index in [2.05, 4.69) is 31.4 Å². The van der Waals surface area contributed by atoms with Crippen molar-refractivity contribution in [3.8, 4) is 5.69 Å². The predicted octanol–water partition coefficient (Wildman–Crippen LogP) is 2.85. The first-order chi connectivity index (χ1) is 15.1. The van der Waals surface area contributed by atoms with E-state index in [4.69, 9.17) is 5.73 Å². The number of benzene rings is 2. The lowest BCUT2D eigenvalue weighted by atomic mass is 9.87. The number of hydrogen-bond donors (Lipinski definition) is 3. The molecule has 2 aromatic carbocycles. The van der Waals surface area contributed by atoms with Gasteiger partial charge < -0.3 is 11.1 Å². The summed E-state index contributed by atoms with van der Waals surface area (Å²) in [5.74, 6) is -1.75. The van der Waals surface area contributed by atoms with Crippen LogP contribution in [0.4, 0.5) is 11.5 Å². The SMILES string of the molecule is CC(C)(C)c1ccc(C(=O)Nc2cccc(-n3c(N)c4c(cc3=O)C(=O)NC4=O)c2)cc1. The van der Waals surface area contributed by atoms with Crippen molar-refractivity contribution in [2.75, 3.05) is 11.1 Å². The molecule has 0 atom stereocenters. The molecule has 162 valence electrons. The van der Waals surface area contributed by atoms with Crippen LogP contribution in [0.2, 0.25) is 0 Å². The van der Waals surface area contributed by atoms with E-state index < -0.39 is 17.4 Å². The number of anilines is 2. The fourth-order valence-corrected chi connectivity index (χ4v) is 3.59. The van der Waals surface area contributed by atoms with Gasteiger partial charge in [0, 0.05) is 17.3 Å². The molecule has 0 saturated heterocycles. The van der Waals surface area contributed by atoms with Crippen molar-refractivity contribution < 1.29 is 14.4 Å². The lowest BCUT2D eigenvalue weighted by Gasteiger charge is -2.19. The Morgan fingerprint density at radius 1 is 0.969 bits per heavy atom. The summed E-state index contributed by atoms with van der Waals surface area (Å²) in [6.07, 6.45) is 0. The molecule has 8 nitrogen and oxygen atoms in total. The summed E-state index contributed by atoms with van der Waals surface area (Å²) in [5.41, 5.74) is 7.81. The minimum absolute atomic E-state index is 0.0199. The average Bonchev–Trinajstić information content (AvgIpc) is 3.01. The van der Waals surface area contributed by atoms with Gasteiger partial charge in [-0.05, 0) is 41.3 Å². The molecule has 0 aliphatic carbocycles. The fraction of sp³-hybridized carbons (Fsp3) is 0.167. The number of hydrogen-bond acceptors (Lipinski definition) is 5. The summed E-state index contributed by atoms with van der Waals surface area (Å²) in [6, 6.07) is 15.0. The Balaban J connectivity index is 1.65. The van der Waals surface area contributed by atoms with Crippen LogP contribution in [0.1, 0.15) is 57.4 Å². The highest BCUT2D eigenvalue weighted by molar-refractivity contribution is 6.23. The number of aromatic nitrogens is 1. The van der Waals surface area contributed by atoms with Crippen LogP contribution in [0.5, 0.6) is 0 Å². The minimum atomic E-state index is -0.653. The van der Waals surface area contributed by atoms with E-state index in [0.29, 0.717) is 16.9 Å². The van der Waals surface area contributed by atoms with Gasteiger partial charge in [-0.3, -0.25) is 29.1 Å². The van der Waals surface area contributed by atoms with E-state index >= 15 is 0 Å². The topological polar surface area (TPSA) is 123 Å². The van der Waals surface area contributed by atoms with E-state index in [-0.39, 0.29) is 28.3 Å². The summed E-state index contributed by atoms with van der Waals surface area (Å²) >= 11 is 0. The van der Waals surface area contributed by atoms with E-state index in [9.17, 15) is 19.2 Å². The highest BCUT2D eigenvalue weighted by atomic mass is 16.2. The molecule has 4 rings (SSSR count). The Labute approximate surface area is 184 Å². The number of carbonyl (C=O) groups excluding carboxylic acids is 3. The molecule has 0 saturated carbocycles. The van der Waals surface area contributed by atoms with Crippen LogP contribution in [0, 0.1) is 0 Å². The fourth-order valence-electron chi connectivity index (χ4n) is 3.59. The molecule has 0 radical (unpaired) electrons. The largest absolute Gasteiger partial charge is 0.384 e. The van der Waals surface area contributed by atoms with Gasteiger partial charge in [0.2, 0.25) is 0 Å². The third-order valence-electron chi connectivity index (χ3n) is 5.33. The summed E-state index contributed by atoms with van der Waals surface area (Å²) in [7, 11) is 0. The molecule has 0 bridgehead atoms. The molecule has 3 amide bonds. The number of nitrogen functional groups attached to an aromatic ring is 1. The van der Waals surface area contributed by atoms with Crippen LogP contribution >= 0.6 is 0 Å². The molecule has 1 aromatic heterocycles. The maximum atomic E-state index is 12.7. The number of nitrogens with one attached hydrogen (secondary N) is 2. The van der Waals surface area contributed by atoms with Gasteiger partial charge in [0.25, 0.3) is 23.3 Å². The number of imide groups is 1. The zero-order chi connectivity index (χ0) is 23.2. The molecule has 3 aromatic rings. The van der Waals surface area contributed by atoms with Crippen molar-refractivity contribution in [2.45, 2.75) is 26.2 Å². The zero-order valence-corrected chi connectivity index (χ0v) is 17.9. The molecule has 1 aliphatic rings. The van der Waals surface area contributed by atoms with Crippen molar-refractivity contribution in [3.05, 3.63) is 87.2 Å². The Hall–Kier alpha value is -4.20. The number of fused-ring (bicyclic) bond motifs is 1. The Bertz CT molecular complexity index is 1330. The lowest BCUT2D eigenvalue weighted by molar-refractivity contribution is 0.0879. The summed E-state index contributed by atoms with van der Waals surface area (Å²) in [4.78, 5) is 49.2. The molecule has 4 N–H and O–H groups in total. The van der Waals surface area contributed by atoms with E-state index in [1.165, 1.54) is 0 Å². The zero-order valence-electron chi connectivity index (χ0n) is 17.9. The molecular weight excluding hydrogens is 408 g/mol. The molecule has 0 unspecified atom stereocenters. The molecular formula is C24H22N4O4. The highest BCUT2D eigenvalue weighted by Gasteiger charge is 2.31. The number of amides is 3. The van der Waals surface area contributed by atoms with Crippen LogP contribution in [0.15, 0.2) is 59.4 Å². The third-order valence-corrected chi connectivity index (χ3v) is 5.33. The molecule has 0 spiro atoms. The average molecular weight is 430 g/mol. The Kier molecular flexibility index (Phi) is 4.93. The first-order valence-corrected chi connectivity index (χ1v) is 10.00. The van der Waals surface area contributed by atoms with Gasteiger partial charge in [-0.2, -0.15) is 0 Å². The third kappa shape index (κ3) is 3.66. The second-order valence-electron chi connectivity index (χ2n) is 8.61. The monoisotopic (exact) mass is 430 g/mol. The molecule has 32 heavy (non-hydrogen) atoms. The normalized spacial score (nSPS) is 13.0. The standard InChI is InChI=1S/C24H22N4O4/c1-24(2,3)14-9-7-13(8-10-14)21(30)26-15-5-4-6-16(11-15)28-18(29)12-17-19(20(28)25)23(32)27-22(17)31/h4-12H,25H2,1-3H3,(H,26,30)(H,27,31,32). The lowest BCUT2D eigenvalue weighted by Crippen LogP contribution is -2.24. The van der Waals surface area contributed by atoms with Crippen molar-refractivity contribution >= 4 is 29.2 Å². The van der Waals surface area contributed by atoms with Gasteiger partial charge in [-0.1, -0.05) is 39.0 Å². The van der Waals surface area contributed by atoms with Gasteiger partial charge >= 0.3 is 0 Å². The maximum absolute atomic E-state index is 12.7. The Morgan fingerprint density at radius 2 is 1.66 bits per heavy atom. The minimum Gasteiger partial charge on any atom is -0.384 e. The second-order valence-corrected chi connectivity index (χ2v) is 8.61. The first-order valence-electron chi connectivity index (χ1n) is 10.00. The van der Waals surface area contributed by atoms with Crippen molar-refractivity contribution in [1.29, 1.82) is 0 Å². The number of nitrogens with two attached hydrogens (primary N) is 1. The van der Waals surface area contributed by atoms with Gasteiger partial charge in [0.1, 0.15) is 5.82 Å². The number of carbonyl (C=O) groups is 3. The molecule has 8 heteroatoms. The summed E-state index contributed by atoms with van der Waals surface area (Å²) in [5, 5.41) is 4.94. The predicted molar refractivity (Wildman–Crippen MR) is 121 cm³/mol. The number of pyridine rings is 1. The van der Waals surface area contributed by atoms with E-state index in [1.54, 1.807) is 36.4 Å². The van der Waals surface area contributed by atoms with Gasteiger partial charge in [0.05, 0.1) is 16.8 Å². The number of rotatable bonds is 3. The summed E-state index contributed by atoms with van der Waals surface area (Å²) < 4.78 is 1.13. The van der Waals surface area contributed by atoms with Gasteiger partial charge in [-0.15, -0.1) is 0 Å². The smallest absolute Gasteiger partial charge is 0.262 e. The van der Waals surface area contributed by atoms with Crippen LogP contribution in [0.25, 0.3) is 5.69 Å². The van der Waals surface area contributed by atoms with Crippen LogP contribution in [0.3, 0.4) is 0 Å². The highest BCUT2D eigenvalue weighted by Crippen LogP contribution is 2.25. The molecule has 1 aliphatic heterocycles. The van der Waals surface area contributed by atoms with Crippen LogP contribution in [-0.4, -0.2) is 22.3 Å². The first kappa shape index (κ1) is 21.0.